The molecule has 0 bridgehead atoms. The van der Waals surface area contributed by atoms with Crippen molar-refractivity contribution in [3.63, 3.8) is 0 Å². The van der Waals surface area contributed by atoms with Crippen LogP contribution in [0.3, 0.4) is 0 Å². The number of aliphatic hydroxyl groups excluding tert-OH is 1. The number of halogens is 3. The fourth-order valence-electron chi connectivity index (χ4n) is 4.85. The van der Waals surface area contributed by atoms with E-state index in [-0.39, 0.29) is 31.3 Å². The summed E-state index contributed by atoms with van der Waals surface area (Å²) >= 11 is 0. The lowest BCUT2D eigenvalue weighted by Gasteiger charge is -2.32. The molecule has 0 spiro atoms. The number of amides is 2. The lowest BCUT2D eigenvalue weighted by Crippen LogP contribution is -2.45. The zero-order valence-corrected chi connectivity index (χ0v) is 24.5. The van der Waals surface area contributed by atoms with E-state index in [9.17, 15) is 27.9 Å². The molecule has 0 fully saturated rings. The predicted octanol–water partition coefficient (Wildman–Crippen LogP) is 4.72. The van der Waals surface area contributed by atoms with Gasteiger partial charge in [0.15, 0.2) is 18.1 Å². The topological polar surface area (TPSA) is 115 Å². The Morgan fingerprint density at radius 1 is 1.12 bits per heavy atom. The number of nitrogens with two attached hydrogens (primary N) is 1. The number of para-hydroxylation sites is 2. The molecule has 0 saturated carbocycles. The second-order valence-electron chi connectivity index (χ2n) is 11.3. The molecule has 1 atom stereocenters. The Labute approximate surface area is 244 Å². The predicted molar refractivity (Wildman–Crippen MR) is 152 cm³/mol. The molecule has 0 radical (unpaired) electrons. The van der Waals surface area contributed by atoms with E-state index in [1.807, 2.05) is 13.0 Å². The number of nitrogens with zero attached hydrogens (tertiary/aromatic N) is 2. The first kappa shape index (κ1) is 32.8. The molecule has 1 unspecified atom stereocenters. The van der Waals surface area contributed by atoms with E-state index in [0.29, 0.717) is 31.5 Å². The number of hydrogen-bond acceptors (Lipinski definition) is 7. The molecule has 2 amide bonds. The van der Waals surface area contributed by atoms with Crippen LogP contribution in [-0.2, 0) is 17.6 Å². The van der Waals surface area contributed by atoms with E-state index < -0.39 is 36.4 Å². The summed E-state index contributed by atoms with van der Waals surface area (Å²) in [6, 6.07) is 9.38. The molecule has 3 rings (SSSR count). The average molecular weight is 596 g/mol. The number of carbonyl (C=O) groups excluding carboxylic acids is 2. The van der Waals surface area contributed by atoms with E-state index in [1.54, 1.807) is 32.9 Å². The molecule has 0 aromatic heterocycles. The van der Waals surface area contributed by atoms with Gasteiger partial charge in [0.25, 0.3) is 5.91 Å². The first-order chi connectivity index (χ1) is 19.7. The molecule has 42 heavy (non-hydrogen) atoms. The van der Waals surface area contributed by atoms with E-state index >= 15 is 0 Å². The second kappa shape index (κ2) is 14.0. The van der Waals surface area contributed by atoms with Crippen LogP contribution in [-0.4, -0.2) is 79.3 Å². The number of carbonyl (C=O) groups is 2. The quantitative estimate of drug-likeness (QED) is 0.345. The summed E-state index contributed by atoms with van der Waals surface area (Å²) in [7, 11) is 0. The smallest absolute Gasteiger partial charge is 0.422 e. The third kappa shape index (κ3) is 9.43. The van der Waals surface area contributed by atoms with Crippen molar-refractivity contribution in [2.75, 3.05) is 44.4 Å². The summed E-state index contributed by atoms with van der Waals surface area (Å²) in [5.41, 5.74) is 7.96. The summed E-state index contributed by atoms with van der Waals surface area (Å²) < 4.78 is 54.3. The zero-order valence-electron chi connectivity index (χ0n) is 24.5. The van der Waals surface area contributed by atoms with Gasteiger partial charge in [0, 0.05) is 25.7 Å². The van der Waals surface area contributed by atoms with Crippen LogP contribution in [0.5, 0.6) is 11.5 Å². The number of anilines is 1. The number of ether oxygens (including phenoxy) is 3. The minimum Gasteiger partial charge on any atom is -0.488 e. The summed E-state index contributed by atoms with van der Waals surface area (Å²) in [5, 5.41) is 9.24. The fraction of sp³-hybridized carbons (Fsp3) is 0.533. The van der Waals surface area contributed by atoms with Gasteiger partial charge in [-0.2, -0.15) is 13.2 Å². The van der Waals surface area contributed by atoms with Gasteiger partial charge in [-0.3, -0.25) is 4.79 Å². The summed E-state index contributed by atoms with van der Waals surface area (Å²) in [5.74, 6) is -0.494. The number of hydrogen-bond donors (Lipinski definition) is 2. The molecule has 1 heterocycles. The van der Waals surface area contributed by atoms with Crippen LogP contribution in [0.2, 0.25) is 0 Å². The minimum atomic E-state index is -4.50. The van der Waals surface area contributed by atoms with Crippen LogP contribution in [0.25, 0.3) is 0 Å². The molecule has 3 N–H and O–H groups in total. The van der Waals surface area contributed by atoms with Crippen molar-refractivity contribution < 1.29 is 42.1 Å². The highest BCUT2D eigenvalue weighted by molar-refractivity contribution is 6.00. The van der Waals surface area contributed by atoms with Crippen LogP contribution in [0.4, 0.5) is 23.7 Å². The summed E-state index contributed by atoms with van der Waals surface area (Å²) in [6.07, 6.45) is -3.40. The first-order valence-corrected chi connectivity index (χ1v) is 13.9. The number of rotatable bonds is 13. The van der Waals surface area contributed by atoms with Gasteiger partial charge in [-0.25, -0.2) is 4.79 Å². The second-order valence-corrected chi connectivity index (χ2v) is 11.3. The highest BCUT2D eigenvalue weighted by atomic mass is 19.4. The van der Waals surface area contributed by atoms with Crippen molar-refractivity contribution in [3.8, 4) is 11.5 Å². The van der Waals surface area contributed by atoms with Crippen molar-refractivity contribution >= 4 is 17.7 Å². The standard InChI is InChI=1S/C30H40F3N3O6/c1-20(16-21-17-22-10-12-35(11-7-14-37)26(22)23(18-21)27(34)38)36(28(39)42-29(2,3)4)13-15-40-24-8-5-6-9-25(24)41-19-30(31,32)33/h5-6,8-9,17-18,20,37H,7,10-16,19H2,1-4H3,(H2,34,38). The zero-order chi connectivity index (χ0) is 31.1. The van der Waals surface area contributed by atoms with Gasteiger partial charge in [-0.1, -0.05) is 18.2 Å². The molecular weight excluding hydrogens is 555 g/mol. The molecule has 9 nitrogen and oxygen atoms in total. The van der Waals surface area contributed by atoms with E-state index in [2.05, 4.69) is 4.90 Å². The number of aliphatic hydroxyl groups is 1. The SMILES string of the molecule is CC(Cc1cc2c(c(C(N)=O)c1)N(CCCO)CC2)N(CCOc1ccccc1OCC(F)(F)F)C(=O)OC(C)(C)C. The Balaban J connectivity index is 1.78. The Hall–Kier alpha value is -3.67. The van der Waals surface area contributed by atoms with Crippen LogP contribution in [0.15, 0.2) is 36.4 Å². The Bertz CT molecular complexity index is 1230. The highest BCUT2D eigenvalue weighted by Crippen LogP contribution is 2.34. The molecular formula is C30H40F3N3O6. The van der Waals surface area contributed by atoms with Crippen molar-refractivity contribution in [2.24, 2.45) is 5.73 Å². The van der Waals surface area contributed by atoms with Gasteiger partial charge in [0.05, 0.1) is 17.8 Å². The number of fused-ring (bicyclic) bond motifs is 1. The molecule has 1 aliphatic heterocycles. The van der Waals surface area contributed by atoms with E-state index in [0.717, 1.165) is 23.2 Å². The molecule has 0 aliphatic carbocycles. The number of alkyl halides is 3. The average Bonchev–Trinajstić information content (AvgIpc) is 3.29. The third-order valence-electron chi connectivity index (χ3n) is 6.59. The molecule has 2 aromatic rings. The first-order valence-electron chi connectivity index (χ1n) is 13.9. The van der Waals surface area contributed by atoms with Gasteiger partial charge in [0.1, 0.15) is 12.2 Å². The Kier molecular flexibility index (Phi) is 10.9. The molecule has 1 aliphatic rings. The van der Waals surface area contributed by atoms with Crippen molar-refractivity contribution in [1.29, 1.82) is 0 Å². The maximum atomic E-state index is 13.2. The van der Waals surface area contributed by atoms with Gasteiger partial charge in [-0.05, 0) is 76.3 Å². The van der Waals surface area contributed by atoms with Gasteiger partial charge in [-0.15, -0.1) is 0 Å². The third-order valence-corrected chi connectivity index (χ3v) is 6.59. The van der Waals surface area contributed by atoms with Crippen LogP contribution < -0.4 is 20.1 Å². The summed E-state index contributed by atoms with van der Waals surface area (Å²) in [6.45, 7) is 7.04. The summed E-state index contributed by atoms with van der Waals surface area (Å²) in [4.78, 5) is 29.2. The van der Waals surface area contributed by atoms with Crippen LogP contribution >= 0.6 is 0 Å². The van der Waals surface area contributed by atoms with E-state index in [1.165, 1.54) is 23.1 Å². The number of primary amides is 1. The van der Waals surface area contributed by atoms with Crippen molar-refractivity contribution in [3.05, 3.63) is 53.1 Å². The van der Waals surface area contributed by atoms with E-state index in [4.69, 9.17) is 19.9 Å². The lowest BCUT2D eigenvalue weighted by molar-refractivity contribution is -0.153. The minimum absolute atomic E-state index is 0.0352. The molecule has 0 saturated heterocycles. The molecule has 2 aromatic carbocycles. The van der Waals surface area contributed by atoms with Gasteiger partial charge >= 0.3 is 12.3 Å². The van der Waals surface area contributed by atoms with Crippen molar-refractivity contribution in [2.45, 2.75) is 64.8 Å². The molecule has 232 valence electrons. The monoisotopic (exact) mass is 595 g/mol. The maximum absolute atomic E-state index is 13.2. The Morgan fingerprint density at radius 2 is 1.79 bits per heavy atom. The van der Waals surface area contributed by atoms with Crippen molar-refractivity contribution in [1.82, 2.24) is 4.90 Å². The van der Waals surface area contributed by atoms with Gasteiger partial charge < -0.3 is 34.9 Å². The largest absolute Gasteiger partial charge is 0.488 e. The maximum Gasteiger partial charge on any atom is 0.422 e. The lowest BCUT2D eigenvalue weighted by atomic mass is 9.97. The Morgan fingerprint density at radius 3 is 2.38 bits per heavy atom. The normalized spacial score (nSPS) is 13.9. The van der Waals surface area contributed by atoms with Crippen LogP contribution in [0.1, 0.15) is 55.6 Å². The fourth-order valence-corrected chi connectivity index (χ4v) is 4.85. The number of benzene rings is 2. The van der Waals surface area contributed by atoms with Crippen LogP contribution in [0, 0.1) is 0 Å². The van der Waals surface area contributed by atoms with Gasteiger partial charge in [0.2, 0.25) is 0 Å². The molecule has 12 heteroatoms. The highest BCUT2D eigenvalue weighted by Gasteiger charge is 2.30.